The second-order valence-corrected chi connectivity index (χ2v) is 7.42. The first-order valence-electron chi connectivity index (χ1n) is 8.11. The molecule has 0 saturated carbocycles. The third-order valence-electron chi connectivity index (χ3n) is 3.97. The van der Waals surface area contributed by atoms with Gasteiger partial charge in [0.1, 0.15) is 5.75 Å². The molecule has 1 aliphatic rings. The number of rotatable bonds is 3. The van der Waals surface area contributed by atoms with Crippen molar-refractivity contribution in [2.24, 2.45) is 0 Å². The minimum atomic E-state index is -0.633. The van der Waals surface area contributed by atoms with E-state index in [4.69, 9.17) is 12.2 Å². The second-order valence-electron chi connectivity index (χ2n) is 5.75. The zero-order chi connectivity index (χ0) is 19.7. The summed E-state index contributed by atoms with van der Waals surface area (Å²) in [5, 5.41) is 10.8. The Kier molecular flexibility index (Phi) is 4.76. The van der Waals surface area contributed by atoms with E-state index in [-0.39, 0.29) is 15.6 Å². The summed E-state index contributed by atoms with van der Waals surface area (Å²) in [5.74, 6) is -1.28. The van der Waals surface area contributed by atoms with Crippen LogP contribution in [0.2, 0.25) is 0 Å². The number of hydrogen-bond acceptors (Lipinski definition) is 7. The molecule has 0 spiro atoms. The minimum Gasteiger partial charge on any atom is -0.507 e. The Morgan fingerprint density at radius 1 is 1.14 bits per heavy atom. The third kappa shape index (κ3) is 3.32. The normalized spacial score (nSPS) is 15.4. The van der Waals surface area contributed by atoms with Gasteiger partial charge in [-0.15, -0.1) is 0 Å². The number of hydrogen-bond donors (Lipinski definition) is 2. The lowest BCUT2D eigenvalue weighted by Gasteiger charge is -2.16. The highest BCUT2D eigenvalue weighted by Gasteiger charge is 2.34. The van der Waals surface area contributed by atoms with Crippen LogP contribution in [0.25, 0.3) is 17.1 Å². The first-order chi connectivity index (χ1) is 13.5. The molecule has 0 bridgehead atoms. The van der Waals surface area contributed by atoms with Gasteiger partial charge in [-0.05, 0) is 36.5 Å². The van der Waals surface area contributed by atoms with Crippen molar-refractivity contribution in [3.05, 3.63) is 70.9 Å². The van der Waals surface area contributed by atoms with Crippen molar-refractivity contribution in [2.45, 2.75) is 0 Å². The molecule has 138 valence electrons. The smallest absolute Gasteiger partial charge is 0.285 e. The number of nitrogens with one attached hydrogen (secondary N) is 1. The quantitative estimate of drug-likeness (QED) is 0.508. The summed E-state index contributed by atoms with van der Waals surface area (Å²) >= 11 is 6.30. The van der Waals surface area contributed by atoms with E-state index in [9.17, 15) is 14.7 Å². The fourth-order valence-corrected chi connectivity index (χ4v) is 3.83. The Bertz CT molecular complexity index is 1160. The molecule has 7 nitrogen and oxygen atoms in total. The molecule has 9 heteroatoms. The van der Waals surface area contributed by atoms with Gasteiger partial charge in [-0.1, -0.05) is 36.0 Å². The molecule has 2 amide bonds. The highest BCUT2D eigenvalue weighted by Crippen LogP contribution is 2.32. The molecule has 0 radical (unpaired) electrons. The lowest BCUT2D eigenvalue weighted by Crippen LogP contribution is -2.44. The fourth-order valence-electron chi connectivity index (χ4n) is 2.66. The van der Waals surface area contributed by atoms with Gasteiger partial charge in [0.05, 0.1) is 21.5 Å². The zero-order valence-electron chi connectivity index (χ0n) is 14.2. The molecule has 1 aromatic heterocycles. The Morgan fingerprint density at radius 2 is 1.93 bits per heavy atom. The maximum atomic E-state index is 12.7. The molecular weight excluding hydrogens is 396 g/mol. The first-order valence-corrected chi connectivity index (χ1v) is 9.34. The van der Waals surface area contributed by atoms with Crippen LogP contribution in [-0.4, -0.2) is 36.2 Å². The van der Waals surface area contributed by atoms with E-state index in [0.717, 1.165) is 22.3 Å². The number of thiocarbonyl (C=S) groups is 1. The van der Waals surface area contributed by atoms with Crippen LogP contribution >= 0.6 is 24.0 Å². The summed E-state index contributed by atoms with van der Waals surface area (Å²) in [6.45, 7) is 0. The molecule has 4 rings (SSSR count). The van der Waals surface area contributed by atoms with Crippen LogP contribution in [0.5, 0.6) is 5.75 Å². The summed E-state index contributed by atoms with van der Waals surface area (Å²) in [4.78, 5) is 34.0. The number of thioether (sulfide) groups is 1. The van der Waals surface area contributed by atoms with Gasteiger partial charge in [0.15, 0.2) is 4.32 Å². The Morgan fingerprint density at radius 3 is 2.75 bits per heavy atom. The number of aromatic hydroxyl groups is 1. The van der Waals surface area contributed by atoms with Gasteiger partial charge < -0.3 is 5.11 Å². The van der Waals surface area contributed by atoms with Crippen LogP contribution in [0.1, 0.15) is 15.9 Å². The van der Waals surface area contributed by atoms with Gasteiger partial charge in [-0.3, -0.25) is 25.0 Å². The summed E-state index contributed by atoms with van der Waals surface area (Å²) < 4.78 is 0.186. The lowest BCUT2D eigenvalue weighted by molar-refractivity contribution is -0.123. The number of hydrazine groups is 1. The van der Waals surface area contributed by atoms with Gasteiger partial charge in [0.25, 0.3) is 11.8 Å². The van der Waals surface area contributed by atoms with Crippen molar-refractivity contribution in [3.63, 3.8) is 0 Å². The highest BCUT2D eigenvalue weighted by atomic mass is 32.2. The average molecular weight is 408 g/mol. The van der Waals surface area contributed by atoms with Crippen molar-refractivity contribution < 1.29 is 14.7 Å². The number of phenols is 1. The molecule has 1 saturated heterocycles. The van der Waals surface area contributed by atoms with Gasteiger partial charge >= 0.3 is 0 Å². The van der Waals surface area contributed by atoms with E-state index >= 15 is 0 Å². The molecule has 0 aliphatic carbocycles. The Balaban J connectivity index is 1.61. The van der Waals surface area contributed by atoms with Crippen LogP contribution in [0, 0.1) is 0 Å². The number of nitrogens with zero attached hydrogens (tertiary/aromatic N) is 3. The number of amides is 2. The minimum absolute atomic E-state index is 0.0462. The maximum Gasteiger partial charge on any atom is 0.285 e. The molecular formula is C19H12N4O3S2. The van der Waals surface area contributed by atoms with Crippen LogP contribution in [0.15, 0.2) is 59.8 Å². The number of fused-ring (bicyclic) bond motifs is 1. The van der Waals surface area contributed by atoms with Gasteiger partial charge in [-0.2, -0.15) is 5.01 Å². The largest absolute Gasteiger partial charge is 0.507 e. The van der Waals surface area contributed by atoms with Gasteiger partial charge in [0, 0.05) is 18.0 Å². The van der Waals surface area contributed by atoms with Gasteiger partial charge in [0.2, 0.25) is 0 Å². The number of para-hydroxylation sites is 2. The van der Waals surface area contributed by atoms with Crippen molar-refractivity contribution in [2.75, 3.05) is 0 Å². The topological polar surface area (TPSA) is 95.4 Å². The molecule has 2 heterocycles. The standard InChI is InChI=1S/C19H12N4O3S2/c24-14-7-2-1-5-12(14)17(25)22-23-18(26)15(28-19(23)27)10-11-4-3-6-13-16(11)21-9-8-20-13/h1-10,24H,(H,22,25). The number of phenolic OH excluding ortho intramolecular Hbond substituents is 1. The van der Waals surface area contributed by atoms with E-state index in [0.29, 0.717) is 15.9 Å². The van der Waals surface area contributed by atoms with Crippen LogP contribution < -0.4 is 5.43 Å². The number of carbonyl (C=O) groups excluding carboxylic acids is 2. The molecule has 0 atom stereocenters. The van der Waals surface area contributed by atoms with E-state index in [1.165, 1.54) is 12.1 Å². The zero-order valence-corrected chi connectivity index (χ0v) is 15.8. The van der Waals surface area contributed by atoms with Crippen molar-refractivity contribution in [1.82, 2.24) is 20.4 Å². The Hall–Kier alpha value is -3.30. The van der Waals surface area contributed by atoms with E-state index in [1.54, 1.807) is 30.6 Å². The molecule has 1 fully saturated rings. The molecule has 0 unspecified atom stereocenters. The third-order valence-corrected chi connectivity index (χ3v) is 5.27. The van der Waals surface area contributed by atoms with E-state index in [2.05, 4.69) is 15.4 Å². The first kappa shape index (κ1) is 18.1. The second kappa shape index (κ2) is 7.37. The summed E-state index contributed by atoms with van der Waals surface area (Å²) in [6.07, 6.45) is 4.85. The van der Waals surface area contributed by atoms with Crippen molar-refractivity contribution in [1.29, 1.82) is 0 Å². The lowest BCUT2D eigenvalue weighted by atomic mass is 10.1. The van der Waals surface area contributed by atoms with E-state index in [1.807, 2.05) is 18.2 Å². The molecule has 3 aromatic rings. The van der Waals surface area contributed by atoms with Crippen LogP contribution in [0.3, 0.4) is 0 Å². The van der Waals surface area contributed by atoms with Crippen LogP contribution in [0.4, 0.5) is 0 Å². The molecule has 2 aromatic carbocycles. The summed E-state index contributed by atoms with van der Waals surface area (Å²) in [7, 11) is 0. The fraction of sp³-hybridized carbons (Fsp3) is 0. The molecule has 28 heavy (non-hydrogen) atoms. The van der Waals surface area contributed by atoms with Crippen molar-refractivity contribution in [3.8, 4) is 5.75 Å². The summed E-state index contributed by atoms with van der Waals surface area (Å²) in [5.41, 5.74) is 4.58. The number of benzene rings is 2. The monoisotopic (exact) mass is 408 g/mol. The SMILES string of the molecule is O=C(NN1C(=O)C(=Cc2cccc3nccnc23)SC1=S)c1ccccc1O. The number of carbonyl (C=O) groups is 2. The van der Waals surface area contributed by atoms with Crippen LogP contribution in [-0.2, 0) is 4.79 Å². The van der Waals surface area contributed by atoms with Gasteiger partial charge in [-0.25, -0.2) is 0 Å². The molecule has 1 aliphatic heterocycles. The average Bonchev–Trinajstić information content (AvgIpc) is 2.96. The molecule has 2 N–H and O–H groups in total. The highest BCUT2D eigenvalue weighted by molar-refractivity contribution is 8.26. The Labute approximate surface area is 169 Å². The summed E-state index contributed by atoms with van der Waals surface area (Å²) in [6, 6.07) is 11.5. The number of aromatic nitrogens is 2. The predicted molar refractivity (Wildman–Crippen MR) is 110 cm³/mol. The predicted octanol–water partition coefficient (Wildman–Crippen LogP) is 2.88. The maximum absolute atomic E-state index is 12.7. The van der Waals surface area contributed by atoms with Crippen molar-refractivity contribution >= 4 is 57.2 Å². The van der Waals surface area contributed by atoms with E-state index < -0.39 is 11.8 Å².